The molecule has 16 heavy (non-hydrogen) atoms. The molecule has 5 N–H and O–H groups in total. The van der Waals surface area contributed by atoms with E-state index in [1.807, 2.05) is 0 Å². The molecule has 5 nitrogen and oxygen atoms in total. The number of H-pyrrole nitrogens is 1. The molecule has 1 aromatic carbocycles. The number of benzene rings is 1. The van der Waals surface area contributed by atoms with Crippen LogP contribution in [0.2, 0.25) is 0 Å². The van der Waals surface area contributed by atoms with Gasteiger partial charge in [-0.15, -0.1) is 0 Å². The number of halogens is 1. The molecule has 0 unspecified atom stereocenters. The number of aromatic nitrogens is 2. The Morgan fingerprint density at radius 3 is 3.00 bits per heavy atom. The number of hydrogen-bond acceptors (Lipinski definition) is 2. The van der Waals surface area contributed by atoms with Gasteiger partial charge in [0.1, 0.15) is 11.6 Å². The maximum Gasteiger partial charge on any atom is 0.185 e. The van der Waals surface area contributed by atoms with Gasteiger partial charge in [0.25, 0.3) is 0 Å². The predicted octanol–water partition coefficient (Wildman–Crippen LogP) is 0.518. The van der Waals surface area contributed by atoms with E-state index in [1.54, 1.807) is 6.07 Å². The fourth-order valence-corrected chi connectivity index (χ4v) is 1.44. The number of hydrogen-bond donors (Lipinski definition) is 3. The van der Waals surface area contributed by atoms with Crippen molar-refractivity contribution in [3.05, 3.63) is 29.8 Å². The zero-order chi connectivity index (χ0) is 11.5. The molecule has 0 spiro atoms. The van der Waals surface area contributed by atoms with Crippen molar-refractivity contribution in [2.24, 2.45) is 16.5 Å². The fourth-order valence-electron chi connectivity index (χ4n) is 1.44. The van der Waals surface area contributed by atoms with Gasteiger partial charge in [0.15, 0.2) is 5.96 Å². The zero-order valence-corrected chi connectivity index (χ0v) is 8.57. The van der Waals surface area contributed by atoms with Crippen molar-refractivity contribution in [2.45, 2.75) is 6.42 Å². The first-order valence-electron chi connectivity index (χ1n) is 4.84. The highest BCUT2D eigenvalue weighted by molar-refractivity contribution is 5.76. The van der Waals surface area contributed by atoms with Crippen molar-refractivity contribution in [3.63, 3.8) is 0 Å². The molecule has 0 aliphatic carbocycles. The van der Waals surface area contributed by atoms with E-state index in [0.29, 0.717) is 18.5 Å². The molecule has 0 amide bonds. The number of nitrogens with one attached hydrogen (secondary N) is 1. The van der Waals surface area contributed by atoms with Crippen molar-refractivity contribution in [2.75, 3.05) is 6.54 Å². The van der Waals surface area contributed by atoms with Crippen LogP contribution in [-0.2, 0) is 6.42 Å². The summed E-state index contributed by atoms with van der Waals surface area (Å²) in [5, 5.41) is 0. The lowest BCUT2D eigenvalue weighted by molar-refractivity contribution is 0.629. The van der Waals surface area contributed by atoms with Crippen molar-refractivity contribution < 1.29 is 4.39 Å². The Bertz CT molecular complexity index is 527. The molecule has 0 fully saturated rings. The molecule has 0 radical (unpaired) electrons. The van der Waals surface area contributed by atoms with Gasteiger partial charge in [-0.3, -0.25) is 4.99 Å². The van der Waals surface area contributed by atoms with Gasteiger partial charge >= 0.3 is 0 Å². The van der Waals surface area contributed by atoms with Gasteiger partial charge in [-0.05, 0) is 18.2 Å². The third-order valence-corrected chi connectivity index (χ3v) is 2.14. The van der Waals surface area contributed by atoms with Crippen LogP contribution in [0.15, 0.2) is 23.2 Å². The lowest BCUT2D eigenvalue weighted by atomic mass is 10.3. The van der Waals surface area contributed by atoms with Crippen molar-refractivity contribution in [1.82, 2.24) is 9.97 Å². The van der Waals surface area contributed by atoms with E-state index < -0.39 is 0 Å². The number of nitrogens with two attached hydrogens (primary N) is 2. The Hall–Kier alpha value is -2.11. The van der Waals surface area contributed by atoms with Crippen LogP contribution in [0, 0.1) is 5.82 Å². The summed E-state index contributed by atoms with van der Waals surface area (Å²) in [5.74, 6) is 0.514. The van der Waals surface area contributed by atoms with Gasteiger partial charge in [0, 0.05) is 13.0 Å². The second-order valence-corrected chi connectivity index (χ2v) is 3.40. The van der Waals surface area contributed by atoms with E-state index in [0.717, 1.165) is 11.3 Å². The van der Waals surface area contributed by atoms with Crippen molar-refractivity contribution in [3.8, 4) is 0 Å². The molecular weight excluding hydrogens is 209 g/mol. The minimum atomic E-state index is -0.285. The summed E-state index contributed by atoms with van der Waals surface area (Å²) in [5.41, 5.74) is 11.8. The standard InChI is InChI=1S/C10H12FN5/c11-6-1-2-7-8(5-6)16-9(15-7)3-4-14-10(12)13/h1-2,5H,3-4H2,(H,15,16)(H4,12,13,14). The van der Waals surface area contributed by atoms with Crippen molar-refractivity contribution >= 4 is 17.0 Å². The van der Waals surface area contributed by atoms with Gasteiger partial charge in [-0.2, -0.15) is 0 Å². The molecule has 84 valence electrons. The van der Waals surface area contributed by atoms with Gasteiger partial charge < -0.3 is 16.5 Å². The monoisotopic (exact) mass is 221 g/mol. The largest absolute Gasteiger partial charge is 0.370 e. The fraction of sp³-hybridized carbons (Fsp3) is 0.200. The third-order valence-electron chi connectivity index (χ3n) is 2.14. The van der Waals surface area contributed by atoms with Crippen LogP contribution in [0.4, 0.5) is 4.39 Å². The molecule has 2 aromatic rings. The van der Waals surface area contributed by atoms with E-state index >= 15 is 0 Å². The molecule has 0 aliphatic rings. The van der Waals surface area contributed by atoms with Crippen molar-refractivity contribution in [1.29, 1.82) is 0 Å². The van der Waals surface area contributed by atoms with E-state index in [2.05, 4.69) is 15.0 Å². The highest BCUT2D eigenvalue weighted by Gasteiger charge is 2.03. The van der Waals surface area contributed by atoms with Gasteiger partial charge in [0.2, 0.25) is 0 Å². The second-order valence-electron chi connectivity index (χ2n) is 3.40. The Kier molecular flexibility index (Phi) is 2.72. The van der Waals surface area contributed by atoms with Gasteiger partial charge in [-0.1, -0.05) is 0 Å². The topological polar surface area (TPSA) is 93.1 Å². The van der Waals surface area contributed by atoms with E-state index in [4.69, 9.17) is 11.5 Å². The molecule has 1 aromatic heterocycles. The van der Waals surface area contributed by atoms with Crippen LogP contribution in [0.1, 0.15) is 5.82 Å². The highest BCUT2D eigenvalue weighted by Crippen LogP contribution is 2.12. The van der Waals surface area contributed by atoms with Crippen LogP contribution < -0.4 is 11.5 Å². The van der Waals surface area contributed by atoms with Gasteiger partial charge in [0.05, 0.1) is 11.0 Å². The minimum Gasteiger partial charge on any atom is -0.370 e. The number of fused-ring (bicyclic) bond motifs is 1. The summed E-state index contributed by atoms with van der Waals surface area (Å²) in [6.07, 6.45) is 0.591. The summed E-state index contributed by atoms with van der Waals surface area (Å²) in [4.78, 5) is 11.1. The molecule has 0 bridgehead atoms. The molecule has 1 heterocycles. The van der Waals surface area contributed by atoms with Crippen LogP contribution >= 0.6 is 0 Å². The number of aromatic amines is 1. The van der Waals surface area contributed by atoms with Crippen LogP contribution in [0.3, 0.4) is 0 Å². The molecule has 2 rings (SSSR count). The summed E-state index contributed by atoms with van der Waals surface area (Å²) >= 11 is 0. The lowest BCUT2D eigenvalue weighted by Gasteiger charge is -1.92. The second kappa shape index (κ2) is 4.18. The third kappa shape index (κ3) is 2.28. The molecule has 0 saturated heterocycles. The molecule has 0 saturated carbocycles. The smallest absolute Gasteiger partial charge is 0.185 e. The zero-order valence-electron chi connectivity index (χ0n) is 8.57. The normalized spacial score (nSPS) is 10.6. The Morgan fingerprint density at radius 2 is 2.25 bits per heavy atom. The Morgan fingerprint density at radius 1 is 1.44 bits per heavy atom. The molecule has 0 atom stereocenters. The predicted molar refractivity (Wildman–Crippen MR) is 60.4 cm³/mol. The number of aliphatic imine (C=N–C) groups is 1. The number of imidazole rings is 1. The van der Waals surface area contributed by atoms with Gasteiger partial charge in [-0.25, -0.2) is 9.37 Å². The Balaban J connectivity index is 2.17. The maximum absolute atomic E-state index is 12.9. The van der Waals surface area contributed by atoms with Crippen LogP contribution in [0.25, 0.3) is 11.0 Å². The molecule has 6 heteroatoms. The maximum atomic E-state index is 12.9. The number of rotatable bonds is 3. The number of guanidine groups is 1. The first kappa shape index (κ1) is 10.4. The van der Waals surface area contributed by atoms with E-state index in [-0.39, 0.29) is 11.8 Å². The summed E-state index contributed by atoms with van der Waals surface area (Å²) < 4.78 is 12.9. The first-order chi connectivity index (χ1) is 7.65. The SMILES string of the molecule is NC(N)=NCCc1nc2ccc(F)cc2[nH]1. The van der Waals surface area contributed by atoms with E-state index in [1.165, 1.54) is 12.1 Å². The average Bonchev–Trinajstić information content (AvgIpc) is 2.58. The van der Waals surface area contributed by atoms with Crippen LogP contribution in [-0.4, -0.2) is 22.5 Å². The summed E-state index contributed by atoms with van der Waals surface area (Å²) in [6, 6.07) is 4.42. The summed E-state index contributed by atoms with van der Waals surface area (Å²) in [7, 11) is 0. The average molecular weight is 221 g/mol. The highest BCUT2D eigenvalue weighted by atomic mass is 19.1. The first-order valence-corrected chi connectivity index (χ1v) is 4.84. The Labute approximate surface area is 91.4 Å². The quantitative estimate of drug-likeness (QED) is 0.521. The van der Waals surface area contributed by atoms with Crippen LogP contribution in [0.5, 0.6) is 0 Å². The lowest BCUT2D eigenvalue weighted by Crippen LogP contribution is -2.23. The molecule has 0 aliphatic heterocycles. The minimum absolute atomic E-state index is 0.0576. The number of nitrogens with zero attached hydrogens (tertiary/aromatic N) is 2. The summed E-state index contributed by atoms with van der Waals surface area (Å²) in [6.45, 7) is 0.463. The van der Waals surface area contributed by atoms with E-state index in [9.17, 15) is 4.39 Å². The molecular formula is C10H12FN5.